The second-order valence-corrected chi connectivity index (χ2v) is 40.4. The van der Waals surface area contributed by atoms with Crippen molar-refractivity contribution in [3.8, 4) is 118 Å². The van der Waals surface area contributed by atoms with E-state index in [4.69, 9.17) is 9.98 Å². The van der Waals surface area contributed by atoms with E-state index in [9.17, 15) is 0 Å². The fraction of sp³-hybridized carbons (Fsp3) is 0.750. The number of nitrogens with zero attached hydrogens (tertiary/aromatic N) is 2. The van der Waals surface area contributed by atoms with Gasteiger partial charge >= 0.3 is 20.4 Å². The molecule has 3 heteroatoms. The van der Waals surface area contributed by atoms with Gasteiger partial charge in [-0.3, -0.25) is 9.98 Å². The van der Waals surface area contributed by atoms with E-state index in [2.05, 4.69) is 201 Å². The van der Waals surface area contributed by atoms with E-state index in [1.54, 1.807) is 0 Å². The van der Waals surface area contributed by atoms with Crippen LogP contribution in [-0.2, 0) is 84.6 Å². The van der Waals surface area contributed by atoms with Crippen LogP contribution in [0.2, 0.25) is 0 Å². The van der Waals surface area contributed by atoms with Crippen molar-refractivity contribution in [1.82, 2.24) is 0 Å². The van der Waals surface area contributed by atoms with Crippen LogP contribution in [0.4, 0.5) is 11.4 Å². The third-order valence-corrected chi connectivity index (χ3v) is 27.7. The van der Waals surface area contributed by atoms with Crippen LogP contribution in [0.3, 0.4) is 0 Å². The molecule has 0 heterocycles. The van der Waals surface area contributed by atoms with E-state index >= 15 is 0 Å². The van der Waals surface area contributed by atoms with Crippen LogP contribution in [0.25, 0.3) is 0 Å². The molecule has 0 aliphatic rings. The Labute approximate surface area is 881 Å². The molecule has 2 rings (SSSR count). The minimum atomic E-state index is 0. The van der Waals surface area contributed by atoms with E-state index in [-0.39, 0.29) is 20.4 Å². The van der Waals surface area contributed by atoms with Crippen molar-refractivity contribution in [2.45, 2.75) is 661 Å². The molecule has 0 spiro atoms. The number of hydrogen-bond donors (Lipinski definition) is 0. The average Bonchev–Trinajstić information content (AvgIpc) is 0.792. The summed E-state index contributed by atoms with van der Waals surface area (Å²) in [5, 5.41) is 0. The zero-order valence-electron chi connectivity index (χ0n) is 93.9. The van der Waals surface area contributed by atoms with Gasteiger partial charge < -0.3 is 0 Å². The molecule has 139 heavy (non-hydrogen) atoms. The Balaban J connectivity index is 0.0000966. The molecule has 0 unspecified atom stereocenters. The molecule has 778 valence electrons. The summed E-state index contributed by atoms with van der Waals surface area (Å²) in [6.45, 7) is 28.0. The molecule has 0 fully saturated rings. The Morgan fingerprint density at radius 3 is 0.396 bits per heavy atom. The summed E-state index contributed by atoms with van der Waals surface area (Å²) in [4.78, 5) is 13.7. The predicted molar refractivity (Wildman–Crippen MR) is 619 cm³/mol. The molecule has 0 radical (unpaired) electrons. The van der Waals surface area contributed by atoms with Crippen LogP contribution >= 0.6 is 0 Å². The first-order valence-electron chi connectivity index (χ1n) is 60.4. The summed E-state index contributed by atoms with van der Waals surface area (Å²) in [6, 6.07) is 0. The number of unbranched alkanes of at least 4 members (excludes halogenated alkanes) is 56. The van der Waals surface area contributed by atoms with Crippen molar-refractivity contribution in [3.05, 3.63) is 55.6 Å². The van der Waals surface area contributed by atoms with Crippen molar-refractivity contribution in [3.63, 3.8) is 0 Å². The summed E-state index contributed by atoms with van der Waals surface area (Å²) < 4.78 is 0. The van der Waals surface area contributed by atoms with Gasteiger partial charge in [-0.2, -0.15) is 0 Å². The Morgan fingerprint density at radius 2 is 0.237 bits per heavy atom. The minimum Gasteiger partial charge on any atom is -0.251 e. The monoisotopic (exact) mass is 1980 g/mol. The first-order chi connectivity index (χ1) is 68.4. The van der Waals surface area contributed by atoms with Crippen molar-refractivity contribution in [1.29, 1.82) is 0 Å². The molecule has 2 nitrogen and oxygen atoms in total. The molecular weight excluding hydrogens is 1770 g/mol. The SMILES string of the molecule is CCCCCCC#CCCc1c(CCC#CCCCCCC)c(CCC#CCCCCCC)c(N=C(CCCCC)C(CCCCCCCCCCCCCCCCC)=Nc2c(CCC#CCCCCCC)c(CCC#CCCCCCC)c(CCC#CCCCCCC)c(CCC#CCCCCCC)c2CCC#CCCCCCC)c(CCC#CCCCCCC)c1CCC#CCCCCCC.[Pd+2]. The molecule has 0 bridgehead atoms. The summed E-state index contributed by atoms with van der Waals surface area (Å²) in [7, 11) is 0. The second-order valence-electron chi connectivity index (χ2n) is 40.4. The first kappa shape index (κ1) is 131. The third-order valence-electron chi connectivity index (χ3n) is 27.7. The third kappa shape index (κ3) is 72.1. The van der Waals surface area contributed by atoms with E-state index in [1.165, 1.54) is 399 Å². The van der Waals surface area contributed by atoms with Gasteiger partial charge in [-0.15, -0.1) is 118 Å². The van der Waals surface area contributed by atoms with Gasteiger partial charge in [-0.05, 0) is 210 Å². The fourth-order valence-electron chi connectivity index (χ4n) is 19.2. The van der Waals surface area contributed by atoms with Gasteiger partial charge in [0.15, 0.2) is 0 Å². The molecule has 2 aromatic rings. The van der Waals surface area contributed by atoms with Gasteiger partial charge in [0.1, 0.15) is 0 Å². The van der Waals surface area contributed by atoms with Gasteiger partial charge in [-0.1, -0.05) is 378 Å². The van der Waals surface area contributed by atoms with Crippen LogP contribution in [0.15, 0.2) is 9.98 Å². The molecular formula is C136H216N2Pd+2. The summed E-state index contributed by atoms with van der Waals surface area (Å²) >= 11 is 0. The quantitative estimate of drug-likeness (QED) is 0.0273. The van der Waals surface area contributed by atoms with Gasteiger partial charge in [0.25, 0.3) is 0 Å². The van der Waals surface area contributed by atoms with Crippen LogP contribution in [-0.4, -0.2) is 11.4 Å². The number of rotatable bonds is 83. The zero-order chi connectivity index (χ0) is 99.3. The van der Waals surface area contributed by atoms with Gasteiger partial charge in [0.05, 0.1) is 22.8 Å². The van der Waals surface area contributed by atoms with Crippen molar-refractivity contribution < 1.29 is 20.4 Å². The number of hydrogen-bond acceptors (Lipinski definition) is 2. The topological polar surface area (TPSA) is 24.7 Å². The normalized spacial score (nSPS) is 10.9. The summed E-state index contributed by atoms with van der Waals surface area (Å²) in [6.07, 6.45) is 101. The van der Waals surface area contributed by atoms with Crippen LogP contribution in [0, 0.1) is 118 Å². The maximum Gasteiger partial charge on any atom is 2.00 e. The molecule has 0 atom stereocenters. The molecule has 0 saturated heterocycles. The molecule has 0 aromatic heterocycles. The molecule has 0 aliphatic carbocycles. The molecule has 0 N–H and O–H groups in total. The first-order valence-corrected chi connectivity index (χ1v) is 60.4. The fourth-order valence-corrected chi connectivity index (χ4v) is 19.2. The number of aliphatic imine (C=N–C) groups is 2. The van der Waals surface area contributed by atoms with Crippen LogP contribution in [0.1, 0.15) is 652 Å². The molecule has 0 saturated carbocycles. The van der Waals surface area contributed by atoms with E-state index in [1.807, 2.05) is 0 Å². The van der Waals surface area contributed by atoms with Crippen molar-refractivity contribution in [2.75, 3.05) is 0 Å². The largest absolute Gasteiger partial charge is 2.00 e. The zero-order valence-corrected chi connectivity index (χ0v) is 95.4. The van der Waals surface area contributed by atoms with Crippen LogP contribution < -0.4 is 0 Å². The molecule has 0 amide bonds. The Bertz CT molecular complexity index is 3870. The van der Waals surface area contributed by atoms with Gasteiger partial charge in [0.2, 0.25) is 0 Å². The predicted octanol–water partition coefficient (Wildman–Crippen LogP) is 41.4. The van der Waals surface area contributed by atoms with Crippen molar-refractivity contribution >= 4 is 22.8 Å². The smallest absolute Gasteiger partial charge is 0.251 e. The van der Waals surface area contributed by atoms with E-state index in [0.717, 1.165) is 257 Å². The Kier molecular flexibility index (Phi) is 97.5. The molecule has 0 aliphatic heterocycles. The van der Waals surface area contributed by atoms with Crippen LogP contribution in [0.5, 0.6) is 0 Å². The number of benzene rings is 2. The van der Waals surface area contributed by atoms with Crippen molar-refractivity contribution in [2.24, 2.45) is 9.98 Å². The minimum absolute atomic E-state index is 0. The average molecular weight is 1990 g/mol. The Hall–Kier alpha value is -5.96. The summed E-state index contributed by atoms with van der Waals surface area (Å²) in [5.74, 6) is 76.7. The standard InChI is InChI=1S/C136H216N2.Pd/c1-13-25-37-48-59-70-71-72-73-74-75-76-87-98-110-122-134(138-136-131(119-108-96-85-68-57-46-34-22-10)127(115-104-92-81-64-53-42-30-18-6)124(112-101-89-78-61-50-39-27-15-3)128(116-105-93-82-65-54-43-31-19-7)132(136)120-109-97-86-69-58-47-35-23-11)133(121-99-36-24-12)137-135-129(117-106-94-83-66-55-44-32-20-8)125(113-102-90-79-62-51-40-28-16-4)123(111-100-88-77-60-49-38-26-14-2)126(114-103-91-80-63-52-41-29-17-5)130(135)118-107-95-84-67-56-45-33-21-9;/h13-76,87,98-122H2,1-12H3;/q;+2. The maximum absolute atomic E-state index is 6.84. The van der Waals surface area contributed by atoms with Gasteiger partial charge in [0, 0.05) is 128 Å². The molecule has 2 aromatic carbocycles. The second kappa shape index (κ2) is 103. The van der Waals surface area contributed by atoms with Gasteiger partial charge in [-0.25, -0.2) is 0 Å². The van der Waals surface area contributed by atoms with E-state index < -0.39 is 0 Å². The maximum atomic E-state index is 6.84. The summed E-state index contributed by atoms with van der Waals surface area (Å²) in [5.41, 5.74) is 19.4. The van der Waals surface area contributed by atoms with E-state index in [0.29, 0.717) is 0 Å². The Morgan fingerprint density at radius 1 is 0.129 bits per heavy atom.